The van der Waals surface area contributed by atoms with Crippen LogP contribution in [-0.2, 0) is 13.1 Å². The Hall–Kier alpha value is -3.18. The van der Waals surface area contributed by atoms with E-state index in [0.717, 1.165) is 23.4 Å². The first-order valence-corrected chi connectivity index (χ1v) is 8.85. The quantitative estimate of drug-likeness (QED) is 0.547. The maximum absolute atomic E-state index is 12.2. The van der Waals surface area contributed by atoms with Crippen molar-refractivity contribution in [2.24, 2.45) is 0 Å². The highest BCUT2D eigenvalue weighted by atomic mass is 16.5. The molecule has 5 nitrogen and oxygen atoms in total. The van der Waals surface area contributed by atoms with Crippen LogP contribution in [-0.4, -0.2) is 28.4 Å². The van der Waals surface area contributed by atoms with Crippen LogP contribution >= 0.6 is 0 Å². The van der Waals surface area contributed by atoms with Crippen molar-refractivity contribution in [3.63, 3.8) is 0 Å². The molecule has 0 radical (unpaired) electrons. The van der Waals surface area contributed by atoms with Gasteiger partial charge in [0.1, 0.15) is 11.4 Å². The van der Waals surface area contributed by atoms with Gasteiger partial charge in [0.05, 0.1) is 12.8 Å². The Morgan fingerprint density at radius 1 is 1.00 bits per heavy atom. The van der Waals surface area contributed by atoms with Crippen LogP contribution in [0.3, 0.4) is 0 Å². The molecule has 2 aromatic carbocycles. The van der Waals surface area contributed by atoms with Gasteiger partial charge in [-0.3, -0.25) is 14.1 Å². The summed E-state index contributed by atoms with van der Waals surface area (Å²) in [5.41, 5.74) is 2.61. The fourth-order valence-electron chi connectivity index (χ4n) is 3.33. The molecule has 0 N–H and O–H groups in total. The maximum atomic E-state index is 12.2. The third-order valence-electron chi connectivity index (χ3n) is 4.62. The molecular formula is C22H21N3O2. The zero-order valence-electron chi connectivity index (χ0n) is 15.4. The van der Waals surface area contributed by atoms with Gasteiger partial charge >= 0.3 is 0 Å². The highest BCUT2D eigenvalue weighted by molar-refractivity contribution is 5.84. The summed E-state index contributed by atoms with van der Waals surface area (Å²) >= 11 is 0. The van der Waals surface area contributed by atoms with Crippen LogP contribution in [0.25, 0.3) is 16.4 Å². The molecule has 0 aliphatic carbocycles. The number of methoxy groups -OCH3 is 1. The minimum Gasteiger partial charge on any atom is -0.497 e. The number of nitrogens with zero attached hydrogens (tertiary/aromatic N) is 3. The number of ether oxygens (including phenoxy) is 1. The van der Waals surface area contributed by atoms with E-state index >= 15 is 0 Å². The fraction of sp³-hybridized carbons (Fsp3) is 0.182. The highest BCUT2D eigenvalue weighted by Crippen LogP contribution is 2.22. The van der Waals surface area contributed by atoms with Gasteiger partial charge in [-0.1, -0.05) is 24.3 Å². The third-order valence-corrected chi connectivity index (χ3v) is 4.62. The molecule has 136 valence electrons. The predicted molar refractivity (Wildman–Crippen MR) is 107 cm³/mol. The average Bonchev–Trinajstić information content (AvgIpc) is 2.67. The second-order valence-corrected chi connectivity index (χ2v) is 6.73. The van der Waals surface area contributed by atoms with E-state index in [2.05, 4.69) is 34.1 Å². The average molecular weight is 359 g/mol. The Balaban J connectivity index is 1.53. The van der Waals surface area contributed by atoms with Crippen molar-refractivity contribution in [3.05, 3.63) is 88.5 Å². The monoisotopic (exact) mass is 359 g/mol. The van der Waals surface area contributed by atoms with E-state index in [1.165, 1.54) is 10.9 Å². The lowest BCUT2D eigenvalue weighted by atomic mass is 10.1. The topological polar surface area (TPSA) is 46.8 Å². The molecule has 0 saturated heterocycles. The van der Waals surface area contributed by atoms with E-state index < -0.39 is 0 Å². The van der Waals surface area contributed by atoms with E-state index in [1.54, 1.807) is 23.8 Å². The Labute approximate surface area is 157 Å². The van der Waals surface area contributed by atoms with Crippen LogP contribution in [0.4, 0.5) is 0 Å². The number of benzene rings is 2. The minimum atomic E-state index is -0.0522. The molecule has 4 aromatic rings. The van der Waals surface area contributed by atoms with Crippen molar-refractivity contribution >= 4 is 16.4 Å². The van der Waals surface area contributed by atoms with E-state index in [1.807, 2.05) is 37.4 Å². The molecule has 2 heterocycles. The predicted octanol–water partition coefficient (Wildman–Crippen LogP) is 3.49. The first-order valence-electron chi connectivity index (χ1n) is 8.85. The van der Waals surface area contributed by atoms with Crippen molar-refractivity contribution in [3.8, 4) is 5.75 Å². The minimum absolute atomic E-state index is 0.0522. The van der Waals surface area contributed by atoms with Crippen LogP contribution < -0.4 is 10.3 Å². The Bertz CT molecular complexity index is 1170. The lowest BCUT2D eigenvalue weighted by Crippen LogP contribution is -2.21. The molecule has 0 amide bonds. The van der Waals surface area contributed by atoms with Gasteiger partial charge in [0.2, 0.25) is 0 Å². The number of aromatic nitrogens is 2. The molecule has 0 saturated carbocycles. The summed E-state index contributed by atoms with van der Waals surface area (Å²) < 4.78 is 6.84. The van der Waals surface area contributed by atoms with E-state index in [0.29, 0.717) is 12.2 Å². The lowest BCUT2D eigenvalue weighted by molar-refractivity contribution is 0.315. The molecule has 0 atom stereocenters. The number of rotatable bonds is 5. The Kier molecular flexibility index (Phi) is 4.60. The molecule has 0 bridgehead atoms. The number of pyridine rings is 1. The second-order valence-electron chi connectivity index (χ2n) is 6.73. The second kappa shape index (κ2) is 7.21. The molecule has 0 aliphatic rings. The van der Waals surface area contributed by atoms with Gasteiger partial charge in [-0.05, 0) is 53.7 Å². The summed E-state index contributed by atoms with van der Waals surface area (Å²) in [4.78, 5) is 19.0. The molecular weight excluding hydrogens is 338 g/mol. The molecule has 4 rings (SSSR count). The van der Waals surface area contributed by atoms with Gasteiger partial charge in [0, 0.05) is 25.4 Å². The Morgan fingerprint density at radius 2 is 1.81 bits per heavy atom. The standard InChI is InChI=1S/C22H21N3O2/c1-24(15-19-13-22(26)25-10-4-3-5-21(25)23-19)14-16-6-7-18-12-20(27-2)9-8-17(18)11-16/h3-13H,14-15H2,1-2H3. The summed E-state index contributed by atoms with van der Waals surface area (Å²) in [6.07, 6.45) is 1.74. The first-order chi connectivity index (χ1) is 13.1. The van der Waals surface area contributed by atoms with E-state index in [9.17, 15) is 4.79 Å². The normalized spacial score (nSPS) is 11.4. The smallest absolute Gasteiger partial charge is 0.258 e. The van der Waals surface area contributed by atoms with Crippen molar-refractivity contribution in [1.29, 1.82) is 0 Å². The van der Waals surface area contributed by atoms with Gasteiger partial charge in [-0.15, -0.1) is 0 Å². The van der Waals surface area contributed by atoms with Crippen molar-refractivity contribution < 1.29 is 4.74 Å². The molecule has 27 heavy (non-hydrogen) atoms. The summed E-state index contributed by atoms with van der Waals surface area (Å²) in [7, 11) is 3.71. The zero-order valence-corrected chi connectivity index (χ0v) is 15.4. The van der Waals surface area contributed by atoms with Crippen LogP contribution in [0.1, 0.15) is 11.3 Å². The summed E-state index contributed by atoms with van der Waals surface area (Å²) in [6.45, 7) is 1.39. The van der Waals surface area contributed by atoms with Crippen molar-refractivity contribution in [1.82, 2.24) is 14.3 Å². The third kappa shape index (κ3) is 3.68. The van der Waals surface area contributed by atoms with Crippen LogP contribution in [0.15, 0.2) is 71.7 Å². The van der Waals surface area contributed by atoms with E-state index in [-0.39, 0.29) is 5.56 Å². The van der Waals surface area contributed by atoms with Gasteiger partial charge < -0.3 is 4.74 Å². The zero-order chi connectivity index (χ0) is 18.8. The number of hydrogen-bond donors (Lipinski definition) is 0. The summed E-state index contributed by atoms with van der Waals surface area (Å²) in [5.74, 6) is 0.862. The first kappa shape index (κ1) is 17.2. The van der Waals surface area contributed by atoms with Crippen LogP contribution in [0, 0.1) is 0 Å². The summed E-state index contributed by atoms with van der Waals surface area (Å²) in [5, 5.41) is 2.34. The molecule has 5 heteroatoms. The van der Waals surface area contributed by atoms with Gasteiger partial charge in [-0.25, -0.2) is 4.98 Å². The number of hydrogen-bond acceptors (Lipinski definition) is 4. The van der Waals surface area contributed by atoms with E-state index in [4.69, 9.17) is 4.74 Å². The molecule has 0 aliphatic heterocycles. The van der Waals surface area contributed by atoms with Crippen LogP contribution in [0.2, 0.25) is 0 Å². The molecule has 2 aromatic heterocycles. The Morgan fingerprint density at radius 3 is 2.67 bits per heavy atom. The fourth-order valence-corrected chi connectivity index (χ4v) is 3.33. The van der Waals surface area contributed by atoms with Crippen molar-refractivity contribution in [2.75, 3.05) is 14.2 Å². The van der Waals surface area contributed by atoms with Crippen LogP contribution in [0.5, 0.6) is 5.75 Å². The van der Waals surface area contributed by atoms with Gasteiger partial charge in [0.15, 0.2) is 0 Å². The lowest BCUT2D eigenvalue weighted by Gasteiger charge is -2.17. The number of fused-ring (bicyclic) bond motifs is 2. The summed E-state index contributed by atoms with van der Waals surface area (Å²) in [6, 6.07) is 19.7. The molecule has 0 fully saturated rings. The molecule has 0 spiro atoms. The maximum Gasteiger partial charge on any atom is 0.258 e. The van der Waals surface area contributed by atoms with Gasteiger partial charge in [-0.2, -0.15) is 0 Å². The van der Waals surface area contributed by atoms with Gasteiger partial charge in [0.25, 0.3) is 5.56 Å². The van der Waals surface area contributed by atoms with Crippen molar-refractivity contribution in [2.45, 2.75) is 13.1 Å². The highest BCUT2D eigenvalue weighted by Gasteiger charge is 2.07. The SMILES string of the molecule is COc1ccc2cc(CN(C)Cc3cc(=O)n4ccccc4n3)ccc2c1. The largest absolute Gasteiger partial charge is 0.497 e. The molecule has 0 unspecified atom stereocenters.